The maximum atomic E-state index is 12.4. The van der Waals surface area contributed by atoms with Crippen LogP contribution in [0.3, 0.4) is 0 Å². The SMILES string of the molecule is Cn1c(=O)c(CN[C@H](CO)c2ccccc2)nc2ccccc21.S. The van der Waals surface area contributed by atoms with Gasteiger partial charge >= 0.3 is 0 Å². The molecule has 126 valence electrons. The monoisotopic (exact) mass is 343 g/mol. The van der Waals surface area contributed by atoms with Gasteiger partial charge in [-0.1, -0.05) is 42.5 Å². The minimum Gasteiger partial charge on any atom is -0.394 e. The van der Waals surface area contributed by atoms with Gasteiger partial charge in [0.2, 0.25) is 0 Å². The molecule has 0 unspecified atom stereocenters. The van der Waals surface area contributed by atoms with Gasteiger partial charge in [0.05, 0.1) is 23.7 Å². The number of benzene rings is 2. The zero-order chi connectivity index (χ0) is 16.2. The number of aliphatic hydroxyl groups excluding tert-OH is 1. The highest BCUT2D eigenvalue weighted by atomic mass is 32.1. The van der Waals surface area contributed by atoms with E-state index in [4.69, 9.17) is 0 Å². The van der Waals surface area contributed by atoms with E-state index in [-0.39, 0.29) is 31.7 Å². The molecule has 2 aromatic carbocycles. The van der Waals surface area contributed by atoms with Gasteiger partial charge in [-0.2, -0.15) is 13.5 Å². The number of aromatic nitrogens is 2. The highest BCUT2D eigenvalue weighted by Gasteiger charge is 2.13. The van der Waals surface area contributed by atoms with Crippen molar-refractivity contribution in [1.82, 2.24) is 14.9 Å². The van der Waals surface area contributed by atoms with E-state index in [9.17, 15) is 9.90 Å². The molecule has 3 rings (SSSR count). The highest BCUT2D eigenvalue weighted by Crippen LogP contribution is 2.13. The number of nitrogens with zero attached hydrogens (tertiary/aromatic N) is 2. The highest BCUT2D eigenvalue weighted by molar-refractivity contribution is 7.59. The Labute approximate surface area is 147 Å². The molecule has 24 heavy (non-hydrogen) atoms. The van der Waals surface area contributed by atoms with Crippen LogP contribution in [0.5, 0.6) is 0 Å². The molecule has 0 saturated carbocycles. The van der Waals surface area contributed by atoms with E-state index in [1.54, 1.807) is 11.6 Å². The van der Waals surface area contributed by atoms with Crippen LogP contribution in [0.2, 0.25) is 0 Å². The first-order chi connectivity index (χ1) is 11.2. The van der Waals surface area contributed by atoms with E-state index in [0.717, 1.165) is 16.6 Å². The molecule has 5 nitrogen and oxygen atoms in total. The van der Waals surface area contributed by atoms with E-state index < -0.39 is 0 Å². The van der Waals surface area contributed by atoms with E-state index in [1.165, 1.54) is 0 Å². The summed E-state index contributed by atoms with van der Waals surface area (Å²) in [6, 6.07) is 17.0. The second kappa shape index (κ2) is 8.10. The first-order valence-electron chi connectivity index (χ1n) is 7.54. The van der Waals surface area contributed by atoms with Crippen molar-refractivity contribution in [2.75, 3.05) is 6.61 Å². The van der Waals surface area contributed by atoms with Crippen LogP contribution >= 0.6 is 13.5 Å². The van der Waals surface area contributed by atoms with Crippen molar-refractivity contribution in [2.24, 2.45) is 7.05 Å². The summed E-state index contributed by atoms with van der Waals surface area (Å²) in [6.45, 7) is 0.259. The lowest BCUT2D eigenvalue weighted by Crippen LogP contribution is -2.30. The number of para-hydroxylation sites is 2. The number of fused-ring (bicyclic) bond motifs is 1. The fraction of sp³-hybridized carbons (Fsp3) is 0.222. The largest absolute Gasteiger partial charge is 0.394 e. The van der Waals surface area contributed by atoms with Gasteiger partial charge in [0.1, 0.15) is 5.69 Å². The average molecular weight is 343 g/mol. The molecule has 0 saturated heterocycles. The van der Waals surface area contributed by atoms with Gasteiger partial charge in [-0.15, -0.1) is 0 Å². The third-order valence-electron chi connectivity index (χ3n) is 3.95. The summed E-state index contributed by atoms with van der Waals surface area (Å²) in [5.74, 6) is 0. The lowest BCUT2D eigenvalue weighted by Gasteiger charge is -2.16. The van der Waals surface area contributed by atoms with Crippen LogP contribution < -0.4 is 10.9 Å². The zero-order valence-electron chi connectivity index (χ0n) is 13.4. The van der Waals surface area contributed by atoms with Crippen LogP contribution in [0.1, 0.15) is 17.3 Å². The maximum absolute atomic E-state index is 12.4. The molecule has 1 atom stereocenters. The minimum absolute atomic E-state index is 0. The zero-order valence-corrected chi connectivity index (χ0v) is 14.4. The van der Waals surface area contributed by atoms with Crippen LogP contribution in [0, 0.1) is 0 Å². The van der Waals surface area contributed by atoms with E-state index in [2.05, 4.69) is 10.3 Å². The van der Waals surface area contributed by atoms with Crippen molar-refractivity contribution in [3.63, 3.8) is 0 Å². The predicted octanol–water partition coefficient (Wildman–Crippen LogP) is 1.87. The Hall–Kier alpha value is -2.15. The van der Waals surface area contributed by atoms with Crippen LogP contribution in [-0.4, -0.2) is 21.3 Å². The molecule has 0 fully saturated rings. The molecule has 3 aromatic rings. The van der Waals surface area contributed by atoms with Crippen molar-refractivity contribution >= 4 is 24.5 Å². The van der Waals surface area contributed by atoms with E-state index >= 15 is 0 Å². The van der Waals surface area contributed by atoms with Gasteiger partial charge in [0.25, 0.3) is 5.56 Å². The molecule has 0 radical (unpaired) electrons. The predicted molar refractivity (Wildman–Crippen MR) is 100 cm³/mol. The van der Waals surface area contributed by atoms with Gasteiger partial charge in [-0.25, -0.2) is 4.98 Å². The van der Waals surface area contributed by atoms with Gasteiger partial charge in [0.15, 0.2) is 0 Å². The molecule has 0 aliphatic carbocycles. The van der Waals surface area contributed by atoms with Gasteiger partial charge in [0, 0.05) is 13.6 Å². The molecular formula is C18H21N3O2S. The summed E-state index contributed by atoms with van der Waals surface area (Å²) in [5.41, 5.74) is 2.89. The lowest BCUT2D eigenvalue weighted by atomic mass is 10.1. The molecular weight excluding hydrogens is 322 g/mol. The molecule has 2 N–H and O–H groups in total. The van der Waals surface area contributed by atoms with Crippen molar-refractivity contribution in [3.05, 3.63) is 76.2 Å². The van der Waals surface area contributed by atoms with Gasteiger partial charge < -0.3 is 15.0 Å². The maximum Gasteiger partial charge on any atom is 0.273 e. The second-order valence-corrected chi connectivity index (χ2v) is 5.44. The summed E-state index contributed by atoms with van der Waals surface area (Å²) < 4.78 is 1.61. The van der Waals surface area contributed by atoms with Crippen LogP contribution in [0.15, 0.2) is 59.4 Å². The number of aryl methyl sites for hydroxylation is 1. The molecule has 0 aliphatic rings. The fourth-order valence-corrected chi connectivity index (χ4v) is 2.65. The Balaban J connectivity index is 0.00000208. The normalized spacial score (nSPS) is 11.9. The Bertz CT molecular complexity index is 865. The molecule has 0 bridgehead atoms. The number of aliphatic hydroxyl groups is 1. The molecule has 6 heteroatoms. The number of rotatable bonds is 5. The summed E-state index contributed by atoms with van der Waals surface area (Å²) in [7, 11) is 1.75. The molecule has 1 aromatic heterocycles. The van der Waals surface area contributed by atoms with Crippen molar-refractivity contribution in [2.45, 2.75) is 12.6 Å². The topological polar surface area (TPSA) is 67.2 Å². The van der Waals surface area contributed by atoms with Gasteiger partial charge in [-0.3, -0.25) is 4.79 Å². The number of nitrogens with one attached hydrogen (secondary N) is 1. The van der Waals surface area contributed by atoms with Crippen molar-refractivity contribution < 1.29 is 5.11 Å². The second-order valence-electron chi connectivity index (χ2n) is 5.44. The molecule has 1 heterocycles. The lowest BCUT2D eigenvalue weighted by molar-refractivity contribution is 0.243. The Morgan fingerprint density at radius 2 is 1.79 bits per heavy atom. The van der Waals surface area contributed by atoms with E-state index in [1.807, 2.05) is 54.6 Å². The average Bonchev–Trinajstić information content (AvgIpc) is 2.60. The summed E-state index contributed by atoms with van der Waals surface area (Å²) in [6.07, 6.45) is 0. The van der Waals surface area contributed by atoms with Crippen molar-refractivity contribution in [3.8, 4) is 0 Å². The molecule has 0 amide bonds. The Morgan fingerprint density at radius 3 is 2.50 bits per heavy atom. The third kappa shape index (κ3) is 3.67. The van der Waals surface area contributed by atoms with Crippen molar-refractivity contribution in [1.29, 1.82) is 0 Å². The molecule has 0 aliphatic heterocycles. The number of hydrogen-bond acceptors (Lipinski definition) is 4. The summed E-state index contributed by atoms with van der Waals surface area (Å²) in [4.78, 5) is 16.9. The van der Waals surface area contributed by atoms with Crippen LogP contribution in [0.25, 0.3) is 11.0 Å². The first kappa shape index (κ1) is 18.2. The summed E-state index contributed by atoms with van der Waals surface area (Å²) >= 11 is 0. The number of hydrogen-bond donors (Lipinski definition) is 2. The van der Waals surface area contributed by atoms with Gasteiger partial charge in [-0.05, 0) is 17.7 Å². The van der Waals surface area contributed by atoms with Crippen LogP contribution in [-0.2, 0) is 13.6 Å². The Kier molecular flexibility index (Phi) is 6.14. The van der Waals surface area contributed by atoms with Crippen LogP contribution in [0.4, 0.5) is 0 Å². The smallest absolute Gasteiger partial charge is 0.273 e. The fourth-order valence-electron chi connectivity index (χ4n) is 2.65. The standard InChI is InChI=1S/C18H19N3O2.H2S/c1-21-17-10-6-5-9-14(17)20-15(18(21)23)11-19-16(12-22)13-7-3-2-4-8-13;/h2-10,16,19,22H,11-12H2,1H3;1H2/t16-;/m1./s1. The minimum atomic E-state index is -0.228. The molecule has 0 spiro atoms. The third-order valence-corrected chi connectivity index (χ3v) is 3.95. The Morgan fingerprint density at radius 1 is 1.12 bits per heavy atom. The quantitative estimate of drug-likeness (QED) is 0.742. The first-order valence-corrected chi connectivity index (χ1v) is 7.54. The summed E-state index contributed by atoms with van der Waals surface area (Å²) in [5, 5.41) is 12.8. The van der Waals surface area contributed by atoms with E-state index in [0.29, 0.717) is 12.2 Å².